The molecule has 0 radical (unpaired) electrons. The molecule has 0 N–H and O–H groups in total. The van der Waals surface area contributed by atoms with E-state index in [1.807, 2.05) is 13.1 Å². The van der Waals surface area contributed by atoms with Gasteiger partial charge in [-0.05, 0) is 31.0 Å². The summed E-state index contributed by atoms with van der Waals surface area (Å²) in [5.74, 6) is -0.153. The summed E-state index contributed by atoms with van der Waals surface area (Å²) in [6.45, 7) is 0. The van der Waals surface area contributed by atoms with E-state index in [-0.39, 0.29) is 18.2 Å². The van der Waals surface area contributed by atoms with Crippen LogP contribution < -0.4 is 4.90 Å². The summed E-state index contributed by atoms with van der Waals surface area (Å²) in [7, 11) is 2.02. The summed E-state index contributed by atoms with van der Waals surface area (Å²) in [6, 6.07) is 7.40. The Morgan fingerprint density at radius 1 is 1.38 bits per heavy atom. The van der Waals surface area contributed by atoms with E-state index in [9.17, 15) is 4.39 Å². The summed E-state index contributed by atoms with van der Waals surface area (Å²) < 4.78 is 12.8. The Hall–Kier alpha value is -0.760. The molecule has 1 aromatic carbocycles. The number of rotatable bonds is 2. The van der Waals surface area contributed by atoms with Crippen LogP contribution in [-0.4, -0.2) is 13.1 Å². The van der Waals surface area contributed by atoms with Crippen molar-refractivity contribution in [1.82, 2.24) is 0 Å². The highest BCUT2D eigenvalue weighted by atomic mass is 35.5. The van der Waals surface area contributed by atoms with E-state index in [1.165, 1.54) is 18.9 Å². The van der Waals surface area contributed by atoms with Crippen LogP contribution in [0.25, 0.3) is 0 Å². The van der Waals surface area contributed by atoms with E-state index in [0.29, 0.717) is 6.04 Å². The quantitative estimate of drug-likeness (QED) is 0.711. The summed E-state index contributed by atoms with van der Waals surface area (Å²) in [5.41, 5.74) is 0.984. The van der Waals surface area contributed by atoms with Crippen LogP contribution in [0.4, 0.5) is 10.1 Å². The fraction of sp³-hybridized carbons (Fsp3) is 0.400. The van der Waals surface area contributed by atoms with Gasteiger partial charge in [-0.2, -0.15) is 0 Å². The number of hydrogen-bond donors (Lipinski definition) is 0. The zero-order valence-corrected chi connectivity index (χ0v) is 8.35. The highest BCUT2D eigenvalue weighted by molar-refractivity contribution is 5.85. The smallest absolute Gasteiger partial charge is 0.125 e. The van der Waals surface area contributed by atoms with E-state index in [2.05, 4.69) is 4.90 Å². The SMILES string of the molecule is CN(c1cccc(F)c1)C1CC1.Cl. The lowest BCUT2D eigenvalue weighted by Gasteiger charge is -2.18. The molecule has 0 spiro atoms. The molecule has 0 unspecified atom stereocenters. The molecular weight excluding hydrogens is 189 g/mol. The first kappa shape index (κ1) is 10.3. The minimum absolute atomic E-state index is 0. The van der Waals surface area contributed by atoms with Gasteiger partial charge in [0.15, 0.2) is 0 Å². The Morgan fingerprint density at radius 3 is 2.62 bits per heavy atom. The molecule has 0 heterocycles. The third-order valence-electron chi connectivity index (χ3n) is 2.31. The molecule has 0 saturated heterocycles. The molecule has 1 aliphatic rings. The molecule has 0 atom stereocenters. The Balaban J connectivity index is 0.000000845. The van der Waals surface area contributed by atoms with E-state index in [1.54, 1.807) is 12.1 Å². The molecule has 13 heavy (non-hydrogen) atoms. The number of hydrogen-bond acceptors (Lipinski definition) is 1. The first-order valence-corrected chi connectivity index (χ1v) is 4.26. The van der Waals surface area contributed by atoms with Gasteiger partial charge in [-0.3, -0.25) is 0 Å². The molecule has 3 heteroatoms. The van der Waals surface area contributed by atoms with Crippen molar-refractivity contribution in [3.8, 4) is 0 Å². The zero-order chi connectivity index (χ0) is 8.55. The molecule has 0 bridgehead atoms. The van der Waals surface area contributed by atoms with E-state index >= 15 is 0 Å². The number of benzene rings is 1. The van der Waals surface area contributed by atoms with Gasteiger partial charge < -0.3 is 4.90 Å². The number of nitrogens with zero attached hydrogens (tertiary/aromatic N) is 1. The minimum atomic E-state index is -0.153. The van der Waals surface area contributed by atoms with E-state index in [4.69, 9.17) is 0 Å². The van der Waals surface area contributed by atoms with Gasteiger partial charge in [0.05, 0.1) is 0 Å². The van der Waals surface area contributed by atoms with E-state index < -0.39 is 0 Å². The third kappa shape index (κ3) is 2.34. The lowest BCUT2D eigenvalue weighted by atomic mass is 10.3. The predicted octanol–water partition coefficient (Wildman–Crippen LogP) is 2.85. The first-order valence-electron chi connectivity index (χ1n) is 4.26. The van der Waals surface area contributed by atoms with Gasteiger partial charge in [-0.25, -0.2) is 4.39 Å². The van der Waals surface area contributed by atoms with Crippen molar-refractivity contribution in [2.45, 2.75) is 18.9 Å². The summed E-state index contributed by atoms with van der Waals surface area (Å²) in [6.07, 6.45) is 2.49. The van der Waals surface area contributed by atoms with Gasteiger partial charge in [0, 0.05) is 18.8 Å². The molecular formula is C10H13ClFN. The monoisotopic (exact) mass is 201 g/mol. The van der Waals surface area contributed by atoms with E-state index in [0.717, 1.165) is 5.69 Å². The molecule has 72 valence electrons. The Bertz CT molecular complexity index is 286. The minimum Gasteiger partial charge on any atom is -0.372 e. The van der Waals surface area contributed by atoms with Gasteiger partial charge in [0.1, 0.15) is 5.82 Å². The molecule has 0 aliphatic heterocycles. The van der Waals surface area contributed by atoms with Crippen LogP contribution in [0, 0.1) is 5.82 Å². The second-order valence-corrected chi connectivity index (χ2v) is 3.32. The Labute approximate surface area is 84.0 Å². The topological polar surface area (TPSA) is 3.24 Å². The third-order valence-corrected chi connectivity index (χ3v) is 2.31. The summed E-state index contributed by atoms with van der Waals surface area (Å²) >= 11 is 0. The van der Waals surface area contributed by atoms with Crippen LogP contribution in [0.2, 0.25) is 0 Å². The van der Waals surface area contributed by atoms with Crippen molar-refractivity contribution in [1.29, 1.82) is 0 Å². The number of anilines is 1. The second-order valence-electron chi connectivity index (χ2n) is 3.32. The van der Waals surface area contributed by atoms with Gasteiger partial charge >= 0.3 is 0 Å². The van der Waals surface area contributed by atoms with Crippen molar-refractivity contribution in [2.75, 3.05) is 11.9 Å². The maximum absolute atomic E-state index is 12.8. The van der Waals surface area contributed by atoms with Gasteiger partial charge in [0.25, 0.3) is 0 Å². The fourth-order valence-corrected chi connectivity index (χ4v) is 1.37. The predicted molar refractivity (Wildman–Crippen MR) is 55.1 cm³/mol. The normalized spacial score (nSPS) is 14.9. The van der Waals surface area contributed by atoms with Crippen molar-refractivity contribution in [2.24, 2.45) is 0 Å². The summed E-state index contributed by atoms with van der Waals surface area (Å²) in [4.78, 5) is 2.14. The molecule has 1 fully saturated rings. The fourth-order valence-electron chi connectivity index (χ4n) is 1.37. The van der Waals surface area contributed by atoms with Gasteiger partial charge in [-0.15, -0.1) is 12.4 Å². The highest BCUT2D eigenvalue weighted by Gasteiger charge is 2.26. The average Bonchev–Trinajstić information content (AvgIpc) is 2.85. The molecule has 2 rings (SSSR count). The van der Waals surface area contributed by atoms with Crippen molar-refractivity contribution < 1.29 is 4.39 Å². The molecule has 1 nitrogen and oxygen atoms in total. The van der Waals surface area contributed by atoms with Gasteiger partial charge in [0.2, 0.25) is 0 Å². The maximum Gasteiger partial charge on any atom is 0.125 e. The molecule has 0 amide bonds. The summed E-state index contributed by atoms with van der Waals surface area (Å²) in [5, 5.41) is 0. The largest absolute Gasteiger partial charge is 0.372 e. The maximum atomic E-state index is 12.8. The molecule has 1 aliphatic carbocycles. The highest BCUT2D eigenvalue weighted by Crippen LogP contribution is 2.29. The molecule has 0 aromatic heterocycles. The van der Waals surface area contributed by atoms with Crippen molar-refractivity contribution >= 4 is 18.1 Å². The zero-order valence-electron chi connectivity index (χ0n) is 7.53. The van der Waals surface area contributed by atoms with Crippen molar-refractivity contribution in [3.63, 3.8) is 0 Å². The van der Waals surface area contributed by atoms with Gasteiger partial charge in [-0.1, -0.05) is 6.07 Å². The van der Waals surface area contributed by atoms with Crippen LogP contribution >= 0.6 is 12.4 Å². The Kier molecular flexibility index (Phi) is 3.15. The lowest BCUT2D eigenvalue weighted by Crippen LogP contribution is -2.19. The van der Waals surface area contributed by atoms with Crippen LogP contribution in [-0.2, 0) is 0 Å². The van der Waals surface area contributed by atoms with Crippen LogP contribution in [0.1, 0.15) is 12.8 Å². The number of halogens is 2. The van der Waals surface area contributed by atoms with Crippen LogP contribution in [0.3, 0.4) is 0 Å². The Morgan fingerprint density at radius 2 is 2.08 bits per heavy atom. The lowest BCUT2D eigenvalue weighted by molar-refractivity contribution is 0.627. The second kappa shape index (κ2) is 3.97. The average molecular weight is 202 g/mol. The van der Waals surface area contributed by atoms with Crippen molar-refractivity contribution in [3.05, 3.63) is 30.1 Å². The van der Waals surface area contributed by atoms with Crippen LogP contribution in [0.5, 0.6) is 0 Å². The molecule has 1 saturated carbocycles. The molecule has 1 aromatic rings. The van der Waals surface area contributed by atoms with Crippen LogP contribution in [0.15, 0.2) is 24.3 Å². The first-order chi connectivity index (χ1) is 5.77. The standard InChI is InChI=1S/C10H12FN.ClH/c1-12(9-5-6-9)10-4-2-3-8(11)7-10;/h2-4,7,9H,5-6H2,1H3;1H.